The number of halogens is 2. The molecule has 1 fully saturated rings. The van der Waals surface area contributed by atoms with E-state index in [1.807, 2.05) is 36.4 Å². The summed E-state index contributed by atoms with van der Waals surface area (Å²) < 4.78 is 12.6. The van der Waals surface area contributed by atoms with Crippen LogP contribution >= 0.6 is 58.2 Å². The number of methoxy groups -OCH3 is 1. The van der Waals surface area contributed by atoms with Gasteiger partial charge < -0.3 is 9.47 Å². The summed E-state index contributed by atoms with van der Waals surface area (Å²) in [5.74, 6) is 6.50. The molecular formula is C18H14ClIN2O3S2. The molecule has 0 atom stereocenters. The van der Waals surface area contributed by atoms with Crippen molar-refractivity contribution in [1.29, 1.82) is 0 Å². The second kappa shape index (κ2) is 8.78. The number of nitrogens with two attached hydrogens (primary N) is 1. The third-order valence-electron chi connectivity index (χ3n) is 3.67. The van der Waals surface area contributed by atoms with E-state index in [9.17, 15) is 4.79 Å². The maximum Gasteiger partial charge on any atom is 0.280 e. The van der Waals surface area contributed by atoms with E-state index < -0.39 is 0 Å². The summed E-state index contributed by atoms with van der Waals surface area (Å²) in [5.41, 5.74) is 1.79. The van der Waals surface area contributed by atoms with Gasteiger partial charge in [0.15, 0.2) is 15.8 Å². The first kappa shape index (κ1) is 20.4. The molecule has 1 heterocycles. The molecular weight excluding hydrogens is 519 g/mol. The Bertz CT molecular complexity index is 935. The van der Waals surface area contributed by atoms with Crippen LogP contribution in [-0.2, 0) is 11.4 Å². The van der Waals surface area contributed by atoms with Crippen LogP contribution < -0.4 is 15.3 Å². The Morgan fingerprint density at radius 1 is 1.33 bits per heavy atom. The largest absolute Gasteiger partial charge is 0.493 e. The summed E-state index contributed by atoms with van der Waals surface area (Å²) in [7, 11) is 1.57. The van der Waals surface area contributed by atoms with Crippen LogP contribution in [0.15, 0.2) is 41.3 Å². The Kier molecular flexibility index (Phi) is 6.64. The third-order valence-corrected chi connectivity index (χ3v) is 6.05. The quantitative estimate of drug-likeness (QED) is 0.200. The van der Waals surface area contributed by atoms with Crippen molar-refractivity contribution in [3.05, 3.63) is 61.0 Å². The number of hydrazine groups is 1. The van der Waals surface area contributed by atoms with Crippen LogP contribution in [0.2, 0.25) is 5.02 Å². The Balaban J connectivity index is 1.84. The number of ether oxygens (including phenoxy) is 2. The maximum atomic E-state index is 12.1. The normalized spacial score (nSPS) is 15.6. The average molecular weight is 533 g/mol. The van der Waals surface area contributed by atoms with Gasteiger partial charge in [-0.2, -0.15) is 0 Å². The number of benzene rings is 2. The fraction of sp³-hybridized carbons (Fsp3) is 0.111. The molecule has 1 aliphatic rings. The van der Waals surface area contributed by atoms with Crippen molar-refractivity contribution in [3.63, 3.8) is 0 Å². The summed E-state index contributed by atoms with van der Waals surface area (Å²) in [6.07, 6.45) is 1.74. The van der Waals surface area contributed by atoms with Crippen LogP contribution in [0, 0.1) is 3.57 Å². The van der Waals surface area contributed by atoms with Gasteiger partial charge in [0, 0.05) is 5.02 Å². The lowest BCUT2D eigenvalue weighted by Crippen LogP contribution is -2.34. The van der Waals surface area contributed by atoms with E-state index in [1.165, 1.54) is 11.8 Å². The molecule has 1 aliphatic heterocycles. The van der Waals surface area contributed by atoms with Gasteiger partial charge in [0.1, 0.15) is 6.61 Å². The second-order valence-electron chi connectivity index (χ2n) is 5.50. The van der Waals surface area contributed by atoms with Gasteiger partial charge in [0.2, 0.25) is 0 Å². The molecule has 0 spiro atoms. The molecule has 1 saturated heterocycles. The van der Waals surface area contributed by atoms with Crippen molar-refractivity contribution in [2.75, 3.05) is 7.11 Å². The minimum Gasteiger partial charge on any atom is -0.493 e. The standard InChI is InChI=1S/C18H14ClIN2O3S2/c1-24-14-7-11(8-15-17(23)22(21)18(26)27-15)6-13(20)16(14)25-9-10-2-4-12(19)5-3-10/h2-8H,9,21H2,1H3. The number of rotatable bonds is 5. The van der Waals surface area contributed by atoms with Crippen LogP contribution in [0.5, 0.6) is 11.5 Å². The molecule has 2 N–H and O–H groups in total. The Labute approximate surface area is 184 Å². The highest BCUT2D eigenvalue weighted by atomic mass is 127. The molecule has 0 aromatic heterocycles. The third kappa shape index (κ3) is 4.75. The van der Waals surface area contributed by atoms with Gasteiger partial charge in [-0.25, -0.2) is 10.9 Å². The van der Waals surface area contributed by atoms with E-state index in [-0.39, 0.29) is 5.91 Å². The highest BCUT2D eigenvalue weighted by Crippen LogP contribution is 2.37. The van der Waals surface area contributed by atoms with Crippen LogP contribution in [0.1, 0.15) is 11.1 Å². The van der Waals surface area contributed by atoms with Crippen molar-refractivity contribution < 1.29 is 14.3 Å². The minimum absolute atomic E-state index is 0.318. The molecule has 0 radical (unpaired) electrons. The Morgan fingerprint density at radius 3 is 2.63 bits per heavy atom. The summed E-state index contributed by atoms with van der Waals surface area (Å²) >= 11 is 14.3. The van der Waals surface area contributed by atoms with Gasteiger partial charge in [0.25, 0.3) is 5.91 Å². The van der Waals surface area contributed by atoms with E-state index in [0.29, 0.717) is 32.4 Å². The number of nitrogens with zero attached hydrogens (tertiary/aromatic N) is 1. The summed E-state index contributed by atoms with van der Waals surface area (Å²) in [4.78, 5) is 12.5. The molecule has 9 heteroatoms. The minimum atomic E-state index is -0.318. The van der Waals surface area contributed by atoms with Crippen molar-refractivity contribution in [2.45, 2.75) is 6.61 Å². The summed E-state index contributed by atoms with van der Waals surface area (Å²) in [5, 5.41) is 1.65. The molecule has 140 valence electrons. The first-order chi connectivity index (χ1) is 12.9. The van der Waals surface area contributed by atoms with E-state index in [4.69, 9.17) is 39.1 Å². The van der Waals surface area contributed by atoms with Crippen LogP contribution in [0.25, 0.3) is 6.08 Å². The van der Waals surface area contributed by atoms with Gasteiger partial charge in [-0.05, 0) is 64.1 Å². The molecule has 2 aromatic rings. The maximum absolute atomic E-state index is 12.1. The number of amides is 1. The van der Waals surface area contributed by atoms with Gasteiger partial charge >= 0.3 is 0 Å². The van der Waals surface area contributed by atoms with E-state index in [0.717, 1.165) is 19.7 Å². The molecule has 0 aliphatic carbocycles. The lowest BCUT2D eigenvalue weighted by molar-refractivity contribution is -0.122. The van der Waals surface area contributed by atoms with Gasteiger partial charge in [-0.1, -0.05) is 47.7 Å². The van der Waals surface area contributed by atoms with E-state index in [1.54, 1.807) is 13.2 Å². The lowest BCUT2D eigenvalue weighted by atomic mass is 10.2. The van der Waals surface area contributed by atoms with Gasteiger partial charge in [-0.3, -0.25) is 4.79 Å². The topological polar surface area (TPSA) is 64.8 Å². The molecule has 27 heavy (non-hydrogen) atoms. The van der Waals surface area contributed by atoms with E-state index in [2.05, 4.69) is 22.6 Å². The molecule has 0 unspecified atom stereocenters. The van der Waals surface area contributed by atoms with Gasteiger partial charge in [-0.15, -0.1) is 0 Å². The lowest BCUT2D eigenvalue weighted by Gasteiger charge is -2.14. The van der Waals surface area contributed by atoms with Crippen molar-refractivity contribution in [2.24, 2.45) is 5.84 Å². The first-order valence-corrected chi connectivity index (χ1v) is 10.3. The Morgan fingerprint density at radius 2 is 2.04 bits per heavy atom. The van der Waals surface area contributed by atoms with Gasteiger partial charge in [0.05, 0.1) is 15.6 Å². The zero-order chi connectivity index (χ0) is 19.6. The SMILES string of the molecule is COc1cc(C=C2SC(=S)N(N)C2=O)cc(I)c1OCc1ccc(Cl)cc1. The zero-order valence-corrected chi connectivity index (χ0v) is 18.6. The molecule has 1 amide bonds. The molecule has 0 bridgehead atoms. The molecule has 0 saturated carbocycles. The van der Waals surface area contributed by atoms with Crippen molar-refractivity contribution in [3.8, 4) is 11.5 Å². The molecule has 5 nitrogen and oxygen atoms in total. The fourth-order valence-corrected chi connectivity index (χ4v) is 4.34. The highest BCUT2D eigenvalue weighted by Gasteiger charge is 2.29. The number of thioether (sulfide) groups is 1. The number of hydrogen-bond donors (Lipinski definition) is 1. The van der Waals surface area contributed by atoms with Crippen LogP contribution in [0.3, 0.4) is 0 Å². The summed E-state index contributed by atoms with van der Waals surface area (Å²) in [6, 6.07) is 11.2. The second-order valence-corrected chi connectivity index (χ2v) is 8.78. The number of carbonyl (C=O) groups excluding carboxylic acids is 1. The number of hydrogen-bond acceptors (Lipinski definition) is 6. The van der Waals surface area contributed by atoms with Crippen LogP contribution in [-0.4, -0.2) is 22.3 Å². The summed E-state index contributed by atoms with van der Waals surface area (Å²) in [6.45, 7) is 0.384. The Hall–Kier alpha value is -1.33. The molecule has 3 rings (SSSR count). The van der Waals surface area contributed by atoms with E-state index >= 15 is 0 Å². The average Bonchev–Trinajstić information content (AvgIpc) is 2.88. The number of thiocarbonyl (C=S) groups is 1. The monoisotopic (exact) mass is 532 g/mol. The highest BCUT2D eigenvalue weighted by molar-refractivity contribution is 14.1. The first-order valence-electron chi connectivity index (χ1n) is 7.66. The van der Waals surface area contributed by atoms with Crippen molar-refractivity contribution in [1.82, 2.24) is 5.01 Å². The van der Waals surface area contributed by atoms with Crippen molar-refractivity contribution >= 4 is 74.5 Å². The predicted octanol–water partition coefficient (Wildman–Crippen LogP) is 4.61. The molecule has 2 aromatic carbocycles. The fourth-order valence-electron chi connectivity index (χ4n) is 2.33. The number of carbonyl (C=O) groups is 1. The smallest absolute Gasteiger partial charge is 0.280 e. The zero-order valence-electron chi connectivity index (χ0n) is 14.1. The van der Waals surface area contributed by atoms with Crippen LogP contribution in [0.4, 0.5) is 0 Å². The predicted molar refractivity (Wildman–Crippen MR) is 121 cm³/mol.